The van der Waals surface area contributed by atoms with Gasteiger partial charge in [0.25, 0.3) is 0 Å². The van der Waals surface area contributed by atoms with Gasteiger partial charge in [-0.05, 0) is 37.5 Å². The second-order valence-corrected chi connectivity index (χ2v) is 3.83. The maximum absolute atomic E-state index is 13.0. The Labute approximate surface area is 88.1 Å². The lowest BCUT2D eigenvalue weighted by atomic mass is 9.99. The van der Waals surface area contributed by atoms with E-state index in [1.165, 1.54) is 12.1 Å². The summed E-state index contributed by atoms with van der Waals surface area (Å²) in [6.07, 6.45) is 1.28. The van der Waals surface area contributed by atoms with E-state index in [0.29, 0.717) is 12.2 Å². The van der Waals surface area contributed by atoms with Gasteiger partial charge in [0.15, 0.2) is 5.78 Å². The third-order valence-electron chi connectivity index (χ3n) is 2.69. The molecule has 0 amide bonds. The molecule has 0 saturated carbocycles. The van der Waals surface area contributed by atoms with Crippen LogP contribution in [0.4, 0.5) is 4.39 Å². The fraction of sp³-hybridized carbons (Fsp3) is 0.417. The Morgan fingerprint density at radius 1 is 1.53 bits per heavy atom. The molecule has 1 heterocycles. The van der Waals surface area contributed by atoms with Gasteiger partial charge in [-0.25, -0.2) is 4.39 Å². The van der Waals surface area contributed by atoms with Crippen molar-refractivity contribution in [3.63, 3.8) is 0 Å². The molecule has 1 saturated heterocycles. The molecule has 1 aromatic carbocycles. The summed E-state index contributed by atoms with van der Waals surface area (Å²) in [5, 5.41) is 0. The number of Topliss-reactive ketones (excluding diaryl/α,β-unsaturated/α-hetero) is 1. The molecule has 0 N–H and O–H groups in total. The number of carbonyl (C=O) groups excluding carboxylic acids is 1. The number of aryl methyl sites for hydroxylation is 1. The van der Waals surface area contributed by atoms with Gasteiger partial charge in [0.1, 0.15) is 11.9 Å². The summed E-state index contributed by atoms with van der Waals surface area (Å²) in [6, 6.07) is 4.28. The van der Waals surface area contributed by atoms with E-state index in [0.717, 1.165) is 18.4 Å². The molecule has 1 fully saturated rings. The van der Waals surface area contributed by atoms with E-state index in [2.05, 4.69) is 0 Å². The maximum Gasteiger partial charge on any atom is 0.191 e. The van der Waals surface area contributed by atoms with E-state index in [-0.39, 0.29) is 17.7 Å². The zero-order chi connectivity index (χ0) is 10.8. The van der Waals surface area contributed by atoms with Crippen LogP contribution in [0, 0.1) is 12.7 Å². The molecule has 15 heavy (non-hydrogen) atoms. The minimum Gasteiger partial charge on any atom is -0.370 e. The number of ether oxygens (including phenoxy) is 1. The summed E-state index contributed by atoms with van der Waals surface area (Å²) in [5.74, 6) is -0.466. The first kappa shape index (κ1) is 10.3. The van der Waals surface area contributed by atoms with Crippen molar-refractivity contribution in [3.8, 4) is 0 Å². The zero-order valence-corrected chi connectivity index (χ0v) is 8.63. The first-order valence-corrected chi connectivity index (χ1v) is 5.10. The van der Waals surface area contributed by atoms with Crippen molar-refractivity contribution < 1.29 is 13.9 Å². The van der Waals surface area contributed by atoms with Crippen molar-refractivity contribution >= 4 is 5.78 Å². The van der Waals surface area contributed by atoms with Crippen LogP contribution in [0.3, 0.4) is 0 Å². The summed E-state index contributed by atoms with van der Waals surface area (Å²) in [4.78, 5) is 11.9. The average molecular weight is 208 g/mol. The van der Waals surface area contributed by atoms with Crippen molar-refractivity contribution in [2.24, 2.45) is 0 Å². The van der Waals surface area contributed by atoms with Crippen molar-refractivity contribution in [3.05, 3.63) is 35.1 Å². The quantitative estimate of drug-likeness (QED) is 0.698. The van der Waals surface area contributed by atoms with Crippen LogP contribution in [0.25, 0.3) is 0 Å². The number of halogens is 1. The van der Waals surface area contributed by atoms with Gasteiger partial charge in [0.05, 0.1) is 0 Å². The molecule has 0 spiro atoms. The van der Waals surface area contributed by atoms with Crippen molar-refractivity contribution in [2.45, 2.75) is 25.9 Å². The summed E-state index contributed by atoms with van der Waals surface area (Å²) >= 11 is 0. The van der Waals surface area contributed by atoms with Gasteiger partial charge in [-0.1, -0.05) is 6.07 Å². The topological polar surface area (TPSA) is 26.3 Å². The van der Waals surface area contributed by atoms with Gasteiger partial charge >= 0.3 is 0 Å². The lowest BCUT2D eigenvalue weighted by molar-refractivity contribution is 0.0642. The Hall–Kier alpha value is -1.22. The molecule has 80 valence electrons. The highest BCUT2D eigenvalue weighted by molar-refractivity contribution is 6.00. The van der Waals surface area contributed by atoms with E-state index < -0.39 is 0 Å². The van der Waals surface area contributed by atoms with Gasteiger partial charge in [-0.15, -0.1) is 0 Å². The molecular formula is C12H13FO2. The molecule has 1 atom stereocenters. The molecule has 0 radical (unpaired) electrons. The predicted octanol–water partition coefficient (Wildman–Crippen LogP) is 2.50. The summed E-state index contributed by atoms with van der Waals surface area (Å²) in [7, 11) is 0. The van der Waals surface area contributed by atoms with E-state index in [1.54, 1.807) is 6.07 Å². The second-order valence-electron chi connectivity index (χ2n) is 3.83. The van der Waals surface area contributed by atoms with Crippen molar-refractivity contribution in [1.29, 1.82) is 0 Å². The van der Waals surface area contributed by atoms with E-state index >= 15 is 0 Å². The molecule has 0 aromatic heterocycles. The number of hydrogen-bond acceptors (Lipinski definition) is 2. The Kier molecular flexibility index (Phi) is 2.82. The average Bonchev–Trinajstić information content (AvgIpc) is 2.74. The van der Waals surface area contributed by atoms with Crippen LogP contribution in [-0.4, -0.2) is 18.5 Å². The number of hydrogen-bond donors (Lipinski definition) is 0. The van der Waals surface area contributed by atoms with Crippen molar-refractivity contribution in [2.75, 3.05) is 6.61 Å². The SMILES string of the molecule is Cc1ccc(F)cc1C(=O)C1CCCO1. The molecule has 1 aliphatic heterocycles. The number of rotatable bonds is 2. The molecule has 1 aliphatic rings. The van der Waals surface area contributed by atoms with Crippen LogP contribution >= 0.6 is 0 Å². The third kappa shape index (κ3) is 2.07. The zero-order valence-electron chi connectivity index (χ0n) is 8.63. The summed E-state index contributed by atoms with van der Waals surface area (Å²) < 4.78 is 18.3. The summed E-state index contributed by atoms with van der Waals surface area (Å²) in [6.45, 7) is 2.44. The lowest BCUT2D eigenvalue weighted by Crippen LogP contribution is -2.20. The highest BCUT2D eigenvalue weighted by atomic mass is 19.1. The van der Waals surface area contributed by atoms with Gasteiger partial charge in [0, 0.05) is 12.2 Å². The number of benzene rings is 1. The second kappa shape index (κ2) is 4.11. The Bertz CT molecular complexity index is 381. The summed E-state index contributed by atoms with van der Waals surface area (Å²) in [5.41, 5.74) is 1.25. The molecular weight excluding hydrogens is 195 g/mol. The van der Waals surface area contributed by atoms with Crippen LogP contribution in [-0.2, 0) is 4.74 Å². The highest BCUT2D eigenvalue weighted by Gasteiger charge is 2.25. The normalized spacial score (nSPS) is 20.5. The maximum atomic E-state index is 13.0. The highest BCUT2D eigenvalue weighted by Crippen LogP contribution is 2.20. The first-order chi connectivity index (χ1) is 7.18. The first-order valence-electron chi connectivity index (χ1n) is 5.10. The van der Waals surface area contributed by atoms with Crippen LogP contribution in [0.1, 0.15) is 28.8 Å². The smallest absolute Gasteiger partial charge is 0.191 e. The van der Waals surface area contributed by atoms with Crippen LogP contribution in [0.5, 0.6) is 0 Å². The fourth-order valence-corrected chi connectivity index (χ4v) is 1.82. The molecule has 1 aromatic rings. The molecule has 0 aliphatic carbocycles. The molecule has 0 bridgehead atoms. The number of ketones is 1. The predicted molar refractivity (Wildman–Crippen MR) is 54.4 cm³/mol. The Morgan fingerprint density at radius 3 is 3.00 bits per heavy atom. The number of carbonyl (C=O) groups is 1. The fourth-order valence-electron chi connectivity index (χ4n) is 1.82. The monoisotopic (exact) mass is 208 g/mol. The van der Waals surface area contributed by atoms with E-state index in [9.17, 15) is 9.18 Å². The van der Waals surface area contributed by atoms with Crippen LogP contribution in [0.15, 0.2) is 18.2 Å². The van der Waals surface area contributed by atoms with Gasteiger partial charge < -0.3 is 4.74 Å². The van der Waals surface area contributed by atoms with E-state index in [4.69, 9.17) is 4.74 Å². The molecule has 2 nitrogen and oxygen atoms in total. The van der Waals surface area contributed by atoms with Gasteiger partial charge in [-0.3, -0.25) is 4.79 Å². The third-order valence-corrected chi connectivity index (χ3v) is 2.69. The minimum absolute atomic E-state index is 0.0931. The standard InChI is InChI=1S/C12H13FO2/c1-8-4-5-9(13)7-10(8)12(14)11-3-2-6-15-11/h4-5,7,11H,2-3,6H2,1H3. The van der Waals surface area contributed by atoms with Gasteiger partial charge in [-0.2, -0.15) is 0 Å². The van der Waals surface area contributed by atoms with Crippen LogP contribution in [0.2, 0.25) is 0 Å². The lowest BCUT2D eigenvalue weighted by Gasteiger charge is -2.10. The van der Waals surface area contributed by atoms with Crippen molar-refractivity contribution in [1.82, 2.24) is 0 Å². The molecule has 2 rings (SSSR count). The molecule has 1 unspecified atom stereocenters. The van der Waals surface area contributed by atoms with E-state index in [1.807, 2.05) is 6.92 Å². The van der Waals surface area contributed by atoms with Crippen LogP contribution < -0.4 is 0 Å². The largest absolute Gasteiger partial charge is 0.370 e. The Morgan fingerprint density at radius 2 is 2.33 bits per heavy atom. The minimum atomic E-state index is -0.373. The van der Waals surface area contributed by atoms with Gasteiger partial charge in [0.2, 0.25) is 0 Å². The Balaban J connectivity index is 2.27. The molecule has 3 heteroatoms.